The van der Waals surface area contributed by atoms with E-state index in [1.165, 1.54) is 5.57 Å². The summed E-state index contributed by atoms with van der Waals surface area (Å²) >= 11 is 0. The van der Waals surface area contributed by atoms with Crippen LogP contribution in [-0.2, 0) is 4.79 Å². The van der Waals surface area contributed by atoms with Crippen LogP contribution in [0.4, 0.5) is 0 Å². The minimum atomic E-state index is -0.918. The van der Waals surface area contributed by atoms with Gasteiger partial charge in [0.2, 0.25) is 6.54 Å². The van der Waals surface area contributed by atoms with E-state index >= 15 is 0 Å². The zero-order valence-corrected chi connectivity index (χ0v) is 13.5. The molecule has 2 rings (SSSR count). The van der Waals surface area contributed by atoms with Crippen LogP contribution in [0.3, 0.4) is 0 Å². The second-order valence-corrected chi connectivity index (χ2v) is 7.87. The lowest BCUT2D eigenvalue weighted by Crippen LogP contribution is -2.59. The van der Waals surface area contributed by atoms with Gasteiger partial charge < -0.3 is 5.11 Å². The Morgan fingerprint density at radius 3 is 2.73 bits per heavy atom. The van der Waals surface area contributed by atoms with Gasteiger partial charge >= 0.3 is 5.97 Å². The molecule has 22 heavy (non-hydrogen) atoms. The fourth-order valence-electron chi connectivity index (χ4n) is 4.85. The Morgan fingerprint density at radius 2 is 2.27 bits per heavy atom. The largest absolute Gasteiger partial charge is 0.481 e. The van der Waals surface area contributed by atoms with Crippen LogP contribution in [0.5, 0.6) is 0 Å². The standard InChI is InChI=1S/C17H25NO4/c1-5-6-11-7-12-9-17(10-18(21)22,13(12)8-11)14(15(19)20)16(2,3)4/h5,8,12-14H,1,6-7,9-10H2,2-4H3,(H,19,20)/t12-,13+,14?,17+/m1/s1. The third-order valence-corrected chi connectivity index (χ3v) is 5.27. The number of hydrogen-bond donors (Lipinski definition) is 1. The maximum atomic E-state index is 11.9. The summed E-state index contributed by atoms with van der Waals surface area (Å²) in [6, 6.07) is 0. The van der Waals surface area contributed by atoms with Crippen LogP contribution in [0.1, 0.15) is 40.0 Å². The van der Waals surface area contributed by atoms with E-state index in [1.54, 1.807) is 0 Å². The first-order chi connectivity index (χ1) is 10.1. The zero-order valence-electron chi connectivity index (χ0n) is 13.5. The maximum Gasteiger partial charge on any atom is 0.307 e. The molecule has 1 saturated carbocycles. The molecule has 122 valence electrons. The van der Waals surface area contributed by atoms with Crippen molar-refractivity contribution in [1.29, 1.82) is 0 Å². The van der Waals surface area contributed by atoms with Crippen molar-refractivity contribution in [2.24, 2.45) is 28.6 Å². The molecule has 1 fully saturated rings. The molecule has 2 aliphatic rings. The van der Waals surface area contributed by atoms with Crippen LogP contribution in [0, 0.1) is 38.7 Å². The van der Waals surface area contributed by atoms with E-state index in [4.69, 9.17) is 0 Å². The highest BCUT2D eigenvalue weighted by Gasteiger charge is 2.65. The average Bonchev–Trinajstić information content (AvgIpc) is 2.64. The average molecular weight is 307 g/mol. The third kappa shape index (κ3) is 2.69. The first-order valence-corrected chi connectivity index (χ1v) is 7.77. The molecule has 0 saturated heterocycles. The van der Waals surface area contributed by atoms with Crippen molar-refractivity contribution in [3.8, 4) is 0 Å². The minimum Gasteiger partial charge on any atom is -0.481 e. The number of allylic oxidation sites excluding steroid dienone is 3. The van der Waals surface area contributed by atoms with Gasteiger partial charge in [-0.1, -0.05) is 38.5 Å². The van der Waals surface area contributed by atoms with Gasteiger partial charge in [0.25, 0.3) is 0 Å². The number of hydrogen-bond acceptors (Lipinski definition) is 3. The molecular formula is C17H25NO4. The molecule has 5 heteroatoms. The van der Waals surface area contributed by atoms with E-state index in [0.29, 0.717) is 12.3 Å². The van der Waals surface area contributed by atoms with Crippen molar-refractivity contribution in [3.63, 3.8) is 0 Å². The topological polar surface area (TPSA) is 80.4 Å². The van der Waals surface area contributed by atoms with Gasteiger partial charge in [-0.2, -0.15) is 0 Å². The Morgan fingerprint density at radius 1 is 1.64 bits per heavy atom. The molecular weight excluding hydrogens is 282 g/mol. The van der Waals surface area contributed by atoms with Crippen LogP contribution < -0.4 is 0 Å². The third-order valence-electron chi connectivity index (χ3n) is 5.27. The molecule has 1 unspecified atom stereocenters. The van der Waals surface area contributed by atoms with Gasteiger partial charge in [0.05, 0.1) is 11.3 Å². The highest BCUT2D eigenvalue weighted by Crippen LogP contribution is 2.64. The van der Waals surface area contributed by atoms with Crippen molar-refractivity contribution in [2.75, 3.05) is 6.54 Å². The lowest BCUT2D eigenvalue weighted by atomic mass is 9.46. The minimum absolute atomic E-state index is 0.00757. The number of aliphatic carboxylic acids is 1. The van der Waals surface area contributed by atoms with Crippen LogP contribution in [0.15, 0.2) is 24.3 Å². The van der Waals surface area contributed by atoms with Gasteiger partial charge in [0.1, 0.15) is 0 Å². The van der Waals surface area contributed by atoms with Crippen LogP contribution in [0.25, 0.3) is 0 Å². The molecule has 0 aromatic carbocycles. The Labute approximate surface area is 131 Å². The molecule has 0 aromatic heterocycles. The Kier molecular flexibility index (Phi) is 4.20. The van der Waals surface area contributed by atoms with Gasteiger partial charge in [-0.15, -0.1) is 6.58 Å². The van der Waals surface area contributed by atoms with Gasteiger partial charge in [0, 0.05) is 4.92 Å². The molecule has 0 bridgehead atoms. The Balaban J connectivity index is 2.41. The number of carboxylic acids is 1. The second-order valence-electron chi connectivity index (χ2n) is 7.87. The van der Waals surface area contributed by atoms with E-state index in [2.05, 4.69) is 12.7 Å². The Bertz CT molecular complexity index is 531. The summed E-state index contributed by atoms with van der Waals surface area (Å²) in [5, 5.41) is 21.0. The SMILES string of the molecule is C=CCC1=C[C@H]2[C@H](C1)C[C@@]2(C[N+](=O)[O-])C(C(=O)O)C(C)(C)C. The molecule has 0 spiro atoms. The summed E-state index contributed by atoms with van der Waals surface area (Å²) < 4.78 is 0. The number of rotatable bonds is 6. The first kappa shape index (κ1) is 16.7. The molecule has 0 aliphatic heterocycles. The second kappa shape index (κ2) is 5.52. The van der Waals surface area contributed by atoms with Gasteiger partial charge in [-0.25, -0.2) is 0 Å². The molecule has 0 aromatic rings. The fourth-order valence-corrected chi connectivity index (χ4v) is 4.85. The van der Waals surface area contributed by atoms with Crippen LogP contribution in [0.2, 0.25) is 0 Å². The van der Waals surface area contributed by atoms with E-state index < -0.39 is 22.7 Å². The fraction of sp³-hybridized carbons (Fsp3) is 0.706. The molecule has 0 heterocycles. The first-order valence-electron chi connectivity index (χ1n) is 7.77. The van der Waals surface area contributed by atoms with Gasteiger partial charge in [0.15, 0.2) is 0 Å². The molecule has 1 N–H and O–H groups in total. The molecule has 4 atom stereocenters. The highest BCUT2D eigenvalue weighted by atomic mass is 16.6. The predicted molar refractivity (Wildman–Crippen MR) is 84.0 cm³/mol. The number of nitro groups is 1. The van der Waals surface area contributed by atoms with Crippen LogP contribution in [-0.4, -0.2) is 22.5 Å². The molecule has 5 nitrogen and oxygen atoms in total. The summed E-state index contributed by atoms with van der Waals surface area (Å²) in [5.74, 6) is -1.27. The number of carboxylic acid groups (broad SMARTS) is 1. The summed E-state index contributed by atoms with van der Waals surface area (Å²) in [6.07, 6.45) is 6.27. The van der Waals surface area contributed by atoms with Crippen molar-refractivity contribution in [3.05, 3.63) is 34.4 Å². The van der Waals surface area contributed by atoms with Crippen molar-refractivity contribution in [2.45, 2.75) is 40.0 Å². The summed E-state index contributed by atoms with van der Waals surface area (Å²) in [5.41, 5.74) is -0.0310. The summed E-state index contributed by atoms with van der Waals surface area (Å²) in [7, 11) is 0. The monoisotopic (exact) mass is 307 g/mol. The van der Waals surface area contributed by atoms with E-state index in [1.807, 2.05) is 26.8 Å². The molecule has 0 radical (unpaired) electrons. The smallest absolute Gasteiger partial charge is 0.307 e. The Hall–Kier alpha value is -1.65. The van der Waals surface area contributed by atoms with Crippen molar-refractivity contribution in [1.82, 2.24) is 0 Å². The highest BCUT2D eigenvalue weighted by molar-refractivity contribution is 5.72. The lowest BCUT2D eigenvalue weighted by molar-refractivity contribution is -0.510. The van der Waals surface area contributed by atoms with E-state index in [9.17, 15) is 20.0 Å². The van der Waals surface area contributed by atoms with E-state index in [0.717, 1.165) is 12.8 Å². The van der Waals surface area contributed by atoms with Gasteiger partial charge in [-0.3, -0.25) is 14.9 Å². The van der Waals surface area contributed by atoms with Crippen molar-refractivity contribution >= 4 is 5.97 Å². The summed E-state index contributed by atoms with van der Waals surface area (Å²) in [6.45, 7) is 9.07. The van der Waals surface area contributed by atoms with Gasteiger partial charge in [-0.05, 0) is 36.5 Å². The lowest BCUT2D eigenvalue weighted by Gasteiger charge is -2.55. The number of carbonyl (C=O) groups is 1. The van der Waals surface area contributed by atoms with Crippen LogP contribution >= 0.6 is 0 Å². The summed E-state index contributed by atoms with van der Waals surface area (Å²) in [4.78, 5) is 22.8. The quantitative estimate of drug-likeness (QED) is 0.462. The number of fused-ring (bicyclic) bond motifs is 1. The number of nitrogens with zero attached hydrogens (tertiary/aromatic N) is 1. The molecule has 2 aliphatic carbocycles. The zero-order chi connectivity index (χ0) is 16.7. The van der Waals surface area contributed by atoms with Crippen molar-refractivity contribution < 1.29 is 14.8 Å². The normalized spacial score (nSPS) is 31.7. The van der Waals surface area contributed by atoms with E-state index in [-0.39, 0.29) is 17.4 Å². The molecule has 0 amide bonds. The predicted octanol–water partition coefficient (Wildman–Crippen LogP) is 3.54. The maximum absolute atomic E-state index is 11.9.